The Labute approximate surface area is 453 Å². The summed E-state index contributed by atoms with van der Waals surface area (Å²) in [6.07, 6.45) is 2.68. The number of hydrogen-bond donors (Lipinski definition) is 12. The minimum Gasteiger partial charge on any atom is -0.480 e. The summed E-state index contributed by atoms with van der Waals surface area (Å²) in [5.74, 6) is -8.78. The molecule has 0 saturated carbocycles. The molecule has 1 saturated heterocycles. The Kier molecular flexibility index (Phi) is 28.2. The Morgan fingerprint density at radius 1 is 0.636 bits per heavy atom. The van der Waals surface area contributed by atoms with Gasteiger partial charge in [0.15, 0.2) is 0 Å². The predicted molar refractivity (Wildman–Crippen MR) is 287 cm³/mol. The average molecular weight is 1100 g/mol. The van der Waals surface area contributed by atoms with E-state index >= 15 is 0 Å². The molecule has 10 amide bonds. The number of nitrogens with one attached hydrogen (secondary N) is 7. The molecule has 1 fully saturated rings. The van der Waals surface area contributed by atoms with Crippen molar-refractivity contribution in [3.05, 3.63) is 71.8 Å². The number of benzene rings is 2. The molecule has 424 valence electrons. The van der Waals surface area contributed by atoms with Crippen LogP contribution in [0.4, 0.5) is 0 Å². The van der Waals surface area contributed by atoms with Gasteiger partial charge >= 0.3 is 5.97 Å². The van der Waals surface area contributed by atoms with Crippen LogP contribution in [0.5, 0.6) is 0 Å². The van der Waals surface area contributed by atoms with Crippen LogP contribution < -0.4 is 60.2 Å². The molecule has 2 aromatic carbocycles. The third kappa shape index (κ3) is 23.3. The highest BCUT2D eigenvalue weighted by atomic mass is 32.2. The van der Waals surface area contributed by atoms with Gasteiger partial charge in [0.2, 0.25) is 59.1 Å². The molecule has 1 heterocycles. The lowest BCUT2D eigenvalue weighted by molar-refractivity contribution is -0.142. The maximum atomic E-state index is 14.5. The number of carboxylic acids is 1. The zero-order valence-electron chi connectivity index (χ0n) is 44.1. The third-order valence-electron chi connectivity index (χ3n) is 12.6. The number of carbonyl (C=O) groups excluding carboxylic acids is 10. The number of likely N-dealkylation sites (tertiary alicyclic amines) is 1. The third-order valence-corrected chi connectivity index (χ3v) is 13.2. The molecule has 2 aromatic rings. The SMILES string of the molecule is CSCC[C@H](NC(=O)[C@H](CC(C)C)NC(=O)CNC(=O)[C@H](Cc1ccccc1)NC(=O)[C@H](Cc1ccccc1)NC(=O)[C@H](CCC(N)=O)NC(=O)[C@H](CCC(N)=O)NC(=O)[C@@H]1CCCN1C(=O)[C@@H](N)CCCCN)C(=O)O. The van der Waals surface area contributed by atoms with Gasteiger partial charge in [0.25, 0.3) is 0 Å². The molecule has 16 N–H and O–H groups in total. The van der Waals surface area contributed by atoms with Crippen molar-refractivity contribution in [2.75, 3.05) is 31.6 Å². The number of nitrogens with two attached hydrogens (primary N) is 4. The molecule has 0 spiro atoms. The number of unbranched alkanes of at least 4 members (excludes halogenated alkanes) is 1. The molecule has 0 aliphatic carbocycles. The topological polar surface area (TPSA) is 400 Å². The van der Waals surface area contributed by atoms with Gasteiger partial charge in [0, 0.05) is 32.2 Å². The minimum atomic E-state index is -1.57. The van der Waals surface area contributed by atoms with Gasteiger partial charge in [-0.25, -0.2) is 4.79 Å². The number of amides is 10. The summed E-state index contributed by atoms with van der Waals surface area (Å²) < 4.78 is 0. The number of hydrogen-bond acceptors (Lipinski definition) is 14. The van der Waals surface area contributed by atoms with Crippen LogP contribution in [0.1, 0.15) is 95.6 Å². The first-order valence-electron chi connectivity index (χ1n) is 25.8. The predicted octanol–water partition coefficient (Wildman–Crippen LogP) is -1.64. The molecule has 0 radical (unpaired) electrons. The van der Waals surface area contributed by atoms with Gasteiger partial charge in [-0.05, 0) is 87.0 Å². The lowest BCUT2D eigenvalue weighted by Gasteiger charge is -2.29. The fraction of sp³-hybridized carbons (Fsp3) is 0.558. The van der Waals surface area contributed by atoms with Gasteiger partial charge < -0.3 is 70.2 Å². The van der Waals surface area contributed by atoms with E-state index in [0.29, 0.717) is 49.1 Å². The molecule has 1 aliphatic rings. The summed E-state index contributed by atoms with van der Waals surface area (Å²) in [6.45, 7) is 3.63. The first-order chi connectivity index (χ1) is 36.6. The number of primary amides is 2. The number of thioether (sulfide) groups is 1. The van der Waals surface area contributed by atoms with E-state index in [1.165, 1.54) is 16.7 Å². The second-order valence-electron chi connectivity index (χ2n) is 19.4. The van der Waals surface area contributed by atoms with Crippen molar-refractivity contribution >= 4 is 76.8 Å². The number of carbonyl (C=O) groups is 11. The van der Waals surface area contributed by atoms with Crippen molar-refractivity contribution in [1.29, 1.82) is 0 Å². The lowest BCUT2D eigenvalue weighted by Crippen LogP contribution is -2.60. The quantitative estimate of drug-likeness (QED) is 0.0345. The smallest absolute Gasteiger partial charge is 0.326 e. The van der Waals surface area contributed by atoms with Gasteiger partial charge in [-0.1, -0.05) is 80.9 Å². The Bertz CT molecular complexity index is 2310. The summed E-state index contributed by atoms with van der Waals surface area (Å²) in [5, 5.41) is 27.7. The Morgan fingerprint density at radius 3 is 1.64 bits per heavy atom. The van der Waals surface area contributed by atoms with Crippen LogP contribution in [-0.2, 0) is 65.6 Å². The van der Waals surface area contributed by atoms with Crippen LogP contribution in [0.3, 0.4) is 0 Å². The van der Waals surface area contributed by atoms with Gasteiger partial charge in [0.05, 0.1) is 12.6 Å². The lowest BCUT2D eigenvalue weighted by atomic mass is 10.0. The van der Waals surface area contributed by atoms with E-state index in [1.54, 1.807) is 66.9 Å². The number of nitrogens with zero attached hydrogens (tertiary/aromatic N) is 1. The molecule has 3 rings (SSSR count). The molecule has 0 aromatic heterocycles. The zero-order valence-corrected chi connectivity index (χ0v) is 44.9. The molecule has 1 aliphatic heterocycles. The van der Waals surface area contributed by atoms with Gasteiger partial charge in [-0.2, -0.15) is 11.8 Å². The molecule has 0 bridgehead atoms. The summed E-state index contributed by atoms with van der Waals surface area (Å²) >= 11 is 1.41. The van der Waals surface area contributed by atoms with Crippen LogP contribution in [0.25, 0.3) is 0 Å². The molecule has 24 nitrogen and oxygen atoms in total. The molecular weight excluding hydrogens is 1020 g/mol. The standard InChI is InChI=1S/C52H78N12O12S/c1-31(2)27-38(48(71)61-37(52(75)76)23-26-77-3)58-44(67)30-57-45(68)39(28-32-13-6-4-7-14-32)62-49(72)40(29-33-15-8-5-9-16-33)63-47(70)35(19-21-42(55)65)59-46(69)36(20-22-43(56)66)60-50(73)41-18-12-25-64(41)51(74)34(54)17-10-11-24-53/h4-9,13-16,31,34-41H,10-12,17-30,53-54H2,1-3H3,(H2,55,65)(H2,56,66)(H,57,68)(H,58,67)(H,59,69)(H,60,73)(H,61,71)(H,62,72)(H,63,70)(H,75,76)/t34-,35-,36-,37-,38-,39-,40-,41-/m0/s1. The maximum absolute atomic E-state index is 14.5. The van der Waals surface area contributed by atoms with E-state index < -0.39 is 126 Å². The Balaban J connectivity index is 1.88. The van der Waals surface area contributed by atoms with Crippen LogP contribution in [0.15, 0.2) is 60.7 Å². The highest BCUT2D eigenvalue weighted by molar-refractivity contribution is 7.98. The van der Waals surface area contributed by atoms with Crippen LogP contribution >= 0.6 is 11.8 Å². The van der Waals surface area contributed by atoms with Crippen LogP contribution in [-0.4, -0.2) is 155 Å². The maximum Gasteiger partial charge on any atom is 0.326 e. The van der Waals surface area contributed by atoms with Crippen LogP contribution in [0.2, 0.25) is 0 Å². The zero-order chi connectivity index (χ0) is 57.0. The summed E-state index contributed by atoms with van der Waals surface area (Å²) in [7, 11) is 0. The second-order valence-corrected chi connectivity index (χ2v) is 20.3. The fourth-order valence-corrected chi connectivity index (χ4v) is 8.94. The van der Waals surface area contributed by atoms with Crippen molar-refractivity contribution in [2.24, 2.45) is 28.9 Å². The van der Waals surface area contributed by atoms with Gasteiger partial charge in [0.1, 0.15) is 42.3 Å². The number of rotatable bonds is 35. The molecule has 77 heavy (non-hydrogen) atoms. The largest absolute Gasteiger partial charge is 0.480 e. The normalized spacial score (nSPS) is 15.8. The number of aliphatic carboxylic acids is 1. The van der Waals surface area contributed by atoms with E-state index in [0.717, 1.165) is 0 Å². The Hall–Kier alpha value is -7.12. The van der Waals surface area contributed by atoms with E-state index in [-0.39, 0.29) is 63.8 Å². The first kappa shape index (κ1) is 64.2. The summed E-state index contributed by atoms with van der Waals surface area (Å²) in [5.41, 5.74) is 23.8. The van der Waals surface area contributed by atoms with Crippen molar-refractivity contribution < 1.29 is 57.8 Å². The minimum absolute atomic E-state index is 0.0961. The summed E-state index contributed by atoms with van der Waals surface area (Å²) in [6, 6.07) is 6.99. The van der Waals surface area contributed by atoms with Crippen molar-refractivity contribution in [1.82, 2.24) is 42.1 Å². The monoisotopic (exact) mass is 1090 g/mol. The fourth-order valence-electron chi connectivity index (χ4n) is 8.47. The van der Waals surface area contributed by atoms with E-state index in [1.807, 2.05) is 13.8 Å². The van der Waals surface area contributed by atoms with Crippen molar-refractivity contribution in [3.8, 4) is 0 Å². The summed E-state index contributed by atoms with van der Waals surface area (Å²) in [4.78, 5) is 148. The molecule has 25 heteroatoms. The number of carboxylic acid groups (broad SMARTS) is 1. The van der Waals surface area contributed by atoms with Crippen molar-refractivity contribution in [2.45, 2.75) is 146 Å². The van der Waals surface area contributed by atoms with Crippen molar-refractivity contribution in [3.63, 3.8) is 0 Å². The highest BCUT2D eigenvalue weighted by Crippen LogP contribution is 2.20. The van der Waals surface area contributed by atoms with Gasteiger partial charge in [-0.3, -0.25) is 47.9 Å². The van der Waals surface area contributed by atoms with E-state index in [4.69, 9.17) is 22.9 Å². The molecule has 8 atom stereocenters. The molecule has 0 unspecified atom stereocenters. The second kappa shape index (κ2) is 33.8. The highest BCUT2D eigenvalue weighted by Gasteiger charge is 2.39. The first-order valence-corrected chi connectivity index (χ1v) is 27.2. The van der Waals surface area contributed by atoms with Gasteiger partial charge in [-0.15, -0.1) is 0 Å². The van der Waals surface area contributed by atoms with Crippen LogP contribution in [0, 0.1) is 5.92 Å². The molecular formula is C52H78N12O12S. The Morgan fingerprint density at radius 2 is 1.13 bits per heavy atom. The van der Waals surface area contributed by atoms with E-state index in [9.17, 15) is 57.8 Å². The average Bonchev–Trinajstić information content (AvgIpc) is 3.89. The van der Waals surface area contributed by atoms with E-state index in [2.05, 4.69) is 37.2 Å².